The smallest absolute Gasteiger partial charge is 0.264 e. The number of sulfonamides is 1. The van der Waals surface area contributed by atoms with Gasteiger partial charge in [0.25, 0.3) is 10.0 Å². The second kappa shape index (κ2) is 11.5. The molecule has 0 fully saturated rings. The number of aryl methyl sites for hydroxylation is 2. The van der Waals surface area contributed by atoms with Gasteiger partial charge in [0, 0.05) is 19.2 Å². The van der Waals surface area contributed by atoms with E-state index in [1.165, 1.54) is 17.6 Å². The number of amides is 2. The average Bonchev–Trinajstić information content (AvgIpc) is 2.83. The molecule has 0 aliphatic heterocycles. The summed E-state index contributed by atoms with van der Waals surface area (Å²) in [6.07, 6.45) is 2.93. The van der Waals surface area contributed by atoms with Gasteiger partial charge in [0.1, 0.15) is 5.75 Å². The first-order valence-corrected chi connectivity index (χ1v) is 12.4. The van der Waals surface area contributed by atoms with Crippen molar-refractivity contribution >= 4 is 33.2 Å². The molecule has 2 aromatic carbocycles. The van der Waals surface area contributed by atoms with Crippen molar-refractivity contribution in [3.63, 3.8) is 0 Å². The van der Waals surface area contributed by atoms with E-state index in [4.69, 9.17) is 4.74 Å². The molecule has 35 heavy (non-hydrogen) atoms. The molecule has 0 saturated carbocycles. The summed E-state index contributed by atoms with van der Waals surface area (Å²) < 4.78 is 33.6. The number of ether oxygens (including phenoxy) is 1. The Morgan fingerprint density at radius 2 is 1.77 bits per heavy atom. The Bertz CT molecular complexity index is 1280. The van der Waals surface area contributed by atoms with E-state index >= 15 is 0 Å². The third-order valence-electron chi connectivity index (χ3n) is 5.19. The number of methoxy groups -OCH3 is 1. The SMILES string of the molecule is COc1ccc(N(CCC(=O)NCC(=O)Nc2cccnc2)S(=O)(=O)c2ccc(C)cc2C)cc1. The zero-order valence-corrected chi connectivity index (χ0v) is 20.6. The van der Waals surface area contributed by atoms with Crippen molar-refractivity contribution in [2.45, 2.75) is 25.2 Å². The summed E-state index contributed by atoms with van der Waals surface area (Å²) in [5, 5.41) is 5.15. The van der Waals surface area contributed by atoms with Gasteiger partial charge >= 0.3 is 0 Å². The van der Waals surface area contributed by atoms with Gasteiger partial charge in [0.2, 0.25) is 11.8 Å². The summed E-state index contributed by atoms with van der Waals surface area (Å²) in [7, 11) is -2.44. The van der Waals surface area contributed by atoms with Crippen LogP contribution in [0.2, 0.25) is 0 Å². The van der Waals surface area contributed by atoms with Gasteiger partial charge in [-0.3, -0.25) is 18.9 Å². The van der Waals surface area contributed by atoms with Crippen molar-refractivity contribution in [3.05, 3.63) is 78.1 Å². The molecule has 0 aliphatic carbocycles. The molecule has 0 radical (unpaired) electrons. The lowest BCUT2D eigenvalue weighted by Gasteiger charge is -2.25. The predicted molar refractivity (Wildman–Crippen MR) is 134 cm³/mol. The lowest BCUT2D eigenvalue weighted by atomic mass is 10.2. The van der Waals surface area contributed by atoms with Crippen molar-refractivity contribution < 1.29 is 22.7 Å². The van der Waals surface area contributed by atoms with Crippen LogP contribution in [0.4, 0.5) is 11.4 Å². The molecule has 0 spiro atoms. The Morgan fingerprint density at radius 1 is 1.03 bits per heavy atom. The molecule has 10 heteroatoms. The predicted octanol–water partition coefficient (Wildman–Crippen LogP) is 3.05. The van der Waals surface area contributed by atoms with Gasteiger partial charge in [0.05, 0.1) is 36.1 Å². The maximum absolute atomic E-state index is 13.6. The van der Waals surface area contributed by atoms with Crippen LogP contribution in [0.1, 0.15) is 17.5 Å². The second-order valence-corrected chi connectivity index (χ2v) is 9.69. The summed E-state index contributed by atoms with van der Waals surface area (Å²) in [5.41, 5.74) is 2.46. The van der Waals surface area contributed by atoms with Crippen molar-refractivity contribution in [1.29, 1.82) is 0 Å². The Labute approximate surface area is 205 Å². The number of pyridine rings is 1. The lowest BCUT2D eigenvalue weighted by molar-refractivity contribution is -0.124. The molecule has 0 saturated heterocycles. The van der Waals surface area contributed by atoms with E-state index in [9.17, 15) is 18.0 Å². The van der Waals surface area contributed by atoms with Crippen LogP contribution in [-0.2, 0) is 19.6 Å². The van der Waals surface area contributed by atoms with Gasteiger partial charge in [0.15, 0.2) is 0 Å². The van der Waals surface area contributed by atoms with Crippen LogP contribution >= 0.6 is 0 Å². The normalized spacial score (nSPS) is 10.9. The minimum absolute atomic E-state index is 0.113. The van der Waals surface area contributed by atoms with Crippen LogP contribution in [0.25, 0.3) is 0 Å². The fourth-order valence-electron chi connectivity index (χ4n) is 3.46. The number of hydrogen-bond donors (Lipinski definition) is 2. The van der Waals surface area contributed by atoms with Gasteiger partial charge in [-0.15, -0.1) is 0 Å². The minimum Gasteiger partial charge on any atom is -0.497 e. The average molecular weight is 497 g/mol. The van der Waals surface area contributed by atoms with Crippen LogP contribution in [-0.4, -0.2) is 45.4 Å². The number of nitrogens with zero attached hydrogens (tertiary/aromatic N) is 2. The molecule has 0 unspecified atom stereocenters. The van der Waals surface area contributed by atoms with E-state index < -0.39 is 21.8 Å². The number of nitrogens with one attached hydrogen (secondary N) is 2. The van der Waals surface area contributed by atoms with E-state index in [-0.39, 0.29) is 24.4 Å². The number of aromatic nitrogens is 1. The molecular weight excluding hydrogens is 468 g/mol. The van der Waals surface area contributed by atoms with E-state index in [0.29, 0.717) is 22.7 Å². The third-order valence-corrected chi connectivity index (χ3v) is 7.18. The fourth-order valence-corrected chi connectivity index (χ4v) is 5.13. The van der Waals surface area contributed by atoms with Crippen molar-refractivity contribution in [2.75, 3.05) is 29.8 Å². The molecule has 0 bridgehead atoms. The third kappa shape index (κ3) is 6.80. The molecule has 2 amide bonds. The molecule has 3 rings (SSSR count). The first kappa shape index (κ1) is 25.7. The van der Waals surface area contributed by atoms with Crippen LogP contribution in [0.3, 0.4) is 0 Å². The molecule has 3 aromatic rings. The monoisotopic (exact) mass is 496 g/mol. The number of anilines is 2. The zero-order valence-electron chi connectivity index (χ0n) is 19.8. The van der Waals surface area contributed by atoms with Gasteiger partial charge < -0.3 is 15.4 Å². The lowest BCUT2D eigenvalue weighted by Crippen LogP contribution is -2.37. The minimum atomic E-state index is -3.96. The standard InChI is InChI=1S/C25H28N4O5S/c1-18-6-11-23(19(2)15-18)35(32,33)29(21-7-9-22(34-3)10-8-21)14-12-24(30)27-17-25(31)28-20-5-4-13-26-16-20/h4-11,13,15-16H,12,14,17H2,1-3H3,(H,27,30)(H,28,31). The largest absolute Gasteiger partial charge is 0.497 e. The topological polar surface area (TPSA) is 118 Å². The molecule has 0 atom stereocenters. The molecular formula is C25H28N4O5S. The van der Waals surface area contributed by atoms with Crippen molar-refractivity contribution in [1.82, 2.24) is 10.3 Å². The molecule has 0 aliphatic rings. The van der Waals surface area contributed by atoms with E-state index in [0.717, 1.165) is 5.56 Å². The van der Waals surface area contributed by atoms with Crippen LogP contribution in [0.5, 0.6) is 5.75 Å². The van der Waals surface area contributed by atoms with Crippen molar-refractivity contribution in [2.24, 2.45) is 0 Å². The molecule has 9 nitrogen and oxygen atoms in total. The maximum Gasteiger partial charge on any atom is 0.264 e. The first-order chi connectivity index (χ1) is 16.7. The Kier molecular flexibility index (Phi) is 8.43. The van der Waals surface area contributed by atoms with E-state index in [1.54, 1.807) is 67.7 Å². The van der Waals surface area contributed by atoms with E-state index in [2.05, 4.69) is 15.6 Å². The Balaban J connectivity index is 1.73. The quantitative estimate of drug-likeness (QED) is 0.446. The number of rotatable bonds is 10. The Morgan fingerprint density at radius 3 is 2.40 bits per heavy atom. The summed E-state index contributed by atoms with van der Waals surface area (Å²) in [4.78, 5) is 28.6. The molecule has 1 heterocycles. The van der Waals surface area contributed by atoms with Crippen LogP contribution in [0.15, 0.2) is 71.9 Å². The van der Waals surface area contributed by atoms with Gasteiger partial charge in [-0.2, -0.15) is 0 Å². The van der Waals surface area contributed by atoms with Gasteiger partial charge in [-0.1, -0.05) is 17.7 Å². The number of carbonyl (C=O) groups excluding carboxylic acids is 2. The highest BCUT2D eigenvalue weighted by molar-refractivity contribution is 7.92. The highest BCUT2D eigenvalue weighted by atomic mass is 32.2. The molecule has 184 valence electrons. The summed E-state index contributed by atoms with van der Waals surface area (Å²) >= 11 is 0. The maximum atomic E-state index is 13.6. The summed E-state index contributed by atoms with van der Waals surface area (Å²) in [6.45, 7) is 3.26. The summed E-state index contributed by atoms with van der Waals surface area (Å²) in [6, 6.07) is 15.0. The number of carbonyl (C=O) groups is 2. The molecule has 1 aromatic heterocycles. The second-order valence-electron chi connectivity index (χ2n) is 7.86. The van der Waals surface area contributed by atoms with Crippen LogP contribution in [0, 0.1) is 13.8 Å². The first-order valence-electron chi connectivity index (χ1n) is 10.9. The summed E-state index contributed by atoms with van der Waals surface area (Å²) in [5.74, 6) is -0.295. The number of hydrogen-bond acceptors (Lipinski definition) is 6. The van der Waals surface area contributed by atoms with Crippen LogP contribution < -0.4 is 19.7 Å². The fraction of sp³-hybridized carbons (Fsp3) is 0.240. The molecule has 2 N–H and O–H groups in total. The Hall–Kier alpha value is -3.92. The van der Waals surface area contributed by atoms with Crippen molar-refractivity contribution in [3.8, 4) is 5.75 Å². The zero-order chi connectivity index (χ0) is 25.4. The van der Waals surface area contributed by atoms with E-state index in [1.807, 2.05) is 6.92 Å². The highest BCUT2D eigenvalue weighted by Crippen LogP contribution is 2.28. The highest BCUT2D eigenvalue weighted by Gasteiger charge is 2.27. The van der Waals surface area contributed by atoms with Gasteiger partial charge in [-0.25, -0.2) is 8.42 Å². The number of benzene rings is 2. The van der Waals surface area contributed by atoms with Gasteiger partial charge in [-0.05, 0) is 61.9 Å².